The third kappa shape index (κ3) is 4.23. The largest absolute Gasteiger partial charge is 0.461 e. The van der Waals surface area contributed by atoms with Crippen molar-refractivity contribution in [3.63, 3.8) is 0 Å². The van der Waals surface area contributed by atoms with Gasteiger partial charge in [0.1, 0.15) is 11.5 Å². The van der Waals surface area contributed by atoms with Gasteiger partial charge in [-0.2, -0.15) is 0 Å². The SMILES string of the molecule is CC(CCCO)NC(=O)/C=C/c1ccc(C2CC2C)o1. The third-order valence-corrected chi connectivity index (χ3v) is 3.71. The van der Waals surface area contributed by atoms with E-state index >= 15 is 0 Å². The average molecular weight is 277 g/mol. The van der Waals surface area contributed by atoms with Crippen LogP contribution in [0.15, 0.2) is 22.6 Å². The van der Waals surface area contributed by atoms with Crippen LogP contribution < -0.4 is 5.32 Å². The van der Waals surface area contributed by atoms with Crippen molar-refractivity contribution in [2.75, 3.05) is 6.61 Å². The number of furan rings is 1. The van der Waals surface area contributed by atoms with E-state index < -0.39 is 0 Å². The first-order valence-corrected chi connectivity index (χ1v) is 7.29. The molecule has 1 saturated carbocycles. The van der Waals surface area contributed by atoms with Crippen LogP contribution in [0.25, 0.3) is 6.08 Å². The normalized spacial score (nSPS) is 22.9. The summed E-state index contributed by atoms with van der Waals surface area (Å²) in [5.74, 6) is 2.89. The molecule has 1 aromatic rings. The maximum atomic E-state index is 11.7. The summed E-state index contributed by atoms with van der Waals surface area (Å²) in [6, 6.07) is 3.97. The molecule has 0 radical (unpaired) electrons. The molecule has 1 aliphatic carbocycles. The number of aliphatic hydroxyl groups excluding tert-OH is 1. The van der Waals surface area contributed by atoms with Crippen molar-refractivity contribution in [2.45, 2.75) is 45.1 Å². The van der Waals surface area contributed by atoms with Crippen molar-refractivity contribution in [2.24, 2.45) is 5.92 Å². The predicted octanol–water partition coefficient (Wildman–Crippen LogP) is 2.69. The molecular formula is C16H23NO3. The van der Waals surface area contributed by atoms with E-state index in [4.69, 9.17) is 9.52 Å². The number of amides is 1. The molecule has 1 heterocycles. The first-order valence-electron chi connectivity index (χ1n) is 7.29. The Labute approximate surface area is 119 Å². The van der Waals surface area contributed by atoms with Crippen LogP contribution in [0.4, 0.5) is 0 Å². The molecule has 0 aromatic carbocycles. The fraction of sp³-hybridized carbons (Fsp3) is 0.562. The zero-order valence-electron chi connectivity index (χ0n) is 12.1. The maximum absolute atomic E-state index is 11.7. The second-order valence-electron chi connectivity index (χ2n) is 5.67. The molecule has 2 N–H and O–H groups in total. The lowest BCUT2D eigenvalue weighted by Gasteiger charge is -2.10. The Bertz CT molecular complexity index is 478. The Hall–Kier alpha value is -1.55. The molecule has 1 aromatic heterocycles. The minimum Gasteiger partial charge on any atom is -0.461 e. The highest BCUT2D eigenvalue weighted by Gasteiger charge is 2.36. The van der Waals surface area contributed by atoms with Gasteiger partial charge in [-0.15, -0.1) is 0 Å². The van der Waals surface area contributed by atoms with Crippen molar-refractivity contribution in [3.05, 3.63) is 29.7 Å². The quantitative estimate of drug-likeness (QED) is 0.753. The van der Waals surface area contributed by atoms with Gasteiger partial charge in [0.2, 0.25) is 5.91 Å². The number of hydrogen-bond acceptors (Lipinski definition) is 3. The number of carbonyl (C=O) groups is 1. The van der Waals surface area contributed by atoms with Crippen LogP contribution >= 0.6 is 0 Å². The first-order chi connectivity index (χ1) is 9.60. The molecule has 0 bridgehead atoms. The van der Waals surface area contributed by atoms with Crippen LogP contribution in [0.1, 0.15) is 50.5 Å². The molecule has 1 fully saturated rings. The molecule has 0 saturated heterocycles. The minimum absolute atomic E-state index is 0.0683. The number of hydrogen-bond donors (Lipinski definition) is 2. The zero-order valence-corrected chi connectivity index (χ0v) is 12.1. The van der Waals surface area contributed by atoms with Gasteiger partial charge in [0.05, 0.1) is 0 Å². The van der Waals surface area contributed by atoms with Crippen LogP contribution in [0.3, 0.4) is 0 Å². The molecule has 3 atom stereocenters. The third-order valence-electron chi connectivity index (χ3n) is 3.71. The molecule has 2 rings (SSSR count). The molecule has 1 aliphatic rings. The number of nitrogens with one attached hydrogen (secondary N) is 1. The van der Waals surface area contributed by atoms with Crippen LogP contribution in [0.2, 0.25) is 0 Å². The van der Waals surface area contributed by atoms with E-state index in [9.17, 15) is 4.79 Å². The highest BCUT2D eigenvalue weighted by atomic mass is 16.3. The van der Waals surface area contributed by atoms with Crippen LogP contribution in [-0.2, 0) is 4.79 Å². The van der Waals surface area contributed by atoms with Gasteiger partial charge in [0, 0.05) is 24.6 Å². The van der Waals surface area contributed by atoms with Crippen molar-refractivity contribution >= 4 is 12.0 Å². The molecule has 1 amide bonds. The Kier molecular flexibility index (Phi) is 5.01. The zero-order chi connectivity index (χ0) is 14.5. The summed E-state index contributed by atoms with van der Waals surface area (Å²) in [7, 11) is 0. The van der Waals surface area contributed by atoms with E-state index in [1.165, 1.54) is 12.5 Å². The fourth-order valence-electron chi connectivity index (χ4n) is 2.29. The van der Waals surface area contributed by atoms with Crippen molar-refractivity contribution in [1.29, 1.82) is 0 Å². The summed E-state index contributed by atoms with van der Waals surface area (Å²) >= 11 is 0. The van der Waals surface area contributed by atoms with E-state index in [2.05, 4.69) is 12.2 Å². The lowest BCUT2D eigenvalue weighted by atomic mass is 10.2. The van der Waals surface area contributed by atoms with E-state index in [0.29, 0.717) is 18.3 Å². The molecule has 110 valence electrons. The van der Waals surface area contributed by atoms with Gasteiger partial charge in [-0.1, -0.05) is 6.92 Å². The van der Waals surface area contributed by atoms with Gasteiger partial charge in [-0.05, 0) is 50.3 Å². The highest BCUT2D eigenvalue weighted by molar-refractivity contribution is 5.91. The summed E-state index contributed by atoms with van der Waals surface area (Å²) in [5, 5.41) is 11.6. The van der Waals surface area contributed by atoms with E-state index in [1.54, 1.807) is 6.08 Å². The molecule has 4 heteroatoms. The first kappa shape index (κ1) is 14.9. The Morgan fingerprint density at radius 2 is 2.35 bits per heavy atom. The van der Waals surface area contributed by atoms with Crippen LogP contribution in [-0.4, -0.2) is 23.7 Å². The lowest BCUT2D eigenvalue weighted by molar-refractivity contribution is -0.117. The van der Waals surface area contributed by atoms with E-state index in [-0.39, 0.29) is 18.6 Å². The van der Waals surface area contributed by atoms with Crippen LogP contribution in [0, 0.1) is 5.92 Å². The molecule has 4 nitrogen and oxygen atoms in total. The monoisotopic (exact) mass is 277 g/mol. The number of rotatable bonds is 7. The summed E-state index contributed by atoms with van der Waals surface area (Å²) in [6.45, 7) is 4.30. The maximum Gasteiger partial charge on any atom is 0.244 e. The average Bonchev–Trinajstić information content (AvgIpc) is 2.97. The Morgan fingerprint density at radius 1 is 1.60 bits per heavy atom. The van der Waals surface area contributed by atoms with Crippen molar-refractivity contribution < 1.29 is 14.3 Å². The summed E-state index contributed by atoms with van der Waals surface area (Å²) in [5.41, 5.74) is 0. The van der Waals surface area contributed by atoms with Gasteiger partial charge < -0.3 is 14.8 Å². The van der Waals surface area contributed by atoms with Crippen LogP contribution in [0.5, 0.6) is 0 Å². The van der Waals surface area contributed by atoms with Gasteiger partial charge in [-0.3, -0.25) is 4.79 Å². The highest BCUT2D eigenvalue weighted by Crippen LogP contribution is 2.47. The second kappa shape index (κ2) is 6.75. The second-order valence-corrected chi connectivity index (χ2v) is 5.67. The van der Waals surface area contributed by atoms with Crippen molar-refractivity contribution in [1.82, 2.24) is 5.32 Å². The fourth-order valence-corrected chi connectivity index (χ4v) is 2.29. The smallest absolute Gasteiger partial charge is 0.244 e. The van der Waals surface area contributed by atoms with Gasteiger partial charge in [0.25, 0.3) is 0 Å². The Morgan fingerprint density at radius 3 is 3.00 bits per heavy atom. The Balaban J connectivity index is 1.79. The molecule has 20 heavy (non-hydrogen) atoms. The van der Waals surface area contributed by atoms with Gasteiger partial charge in [0.15, 0.2) is 0 Å². The molecule has 0 aliphatic heterocycles. The summed E-state index contributed by atoms with van der Waals surface area (Å²) < 4.78 is 5.70. The number of aliphatic hydroxyl groups is 1. The van der Waals surface area contributed by atoms with Gasteiger partial charge in [-0.25, -0.2) is 0 Å². The number of carbonyl (C=O) groups excluding carboxylic acids is 1. The molecule has 0 spiro atoms. The topological polar surface area (TPSA) is 62.5 Å². The summed E-state index contributed by atoms with van der Waals surface area (Å²) in [4.78, 5) is 11.7. The van der Waals surface area contributed by atoms with E-state index in [0.717, 1.165) is 17.9 Å². The van der Waals surface area contributed by atoms with Gasteiger partial charge >= 0.3 is 0 Å². The van der Waals surface area contributed by atoms with Crippen molar-refractivity contribution in [3.8, 4) is 0 Å². The lowest BCUT2D eigenvalue weighted by Crippen LogP contribution is -2.31. The van der Waals surface area contributed by atoms with E-state index in [1.807, 2.05) is 19.1 Å². The summed E-state index contributed by atoms with van der Waals surface area (Å²) in [6.07, 6.45) is 5.87. The minimum atomic E-state index is -0.131. The molecular weight excluding hydrogens is 254 g/mol. The predicted molar refractivity (Wildman–Crippen MR) is 78.2 cm³/mol. The molecule has 3 unspecified atom stereocenters. The standard InChI is InChI=1S/C16H23NO3/c1-11-10-14(11)15-7-5-13(20-15)6-8-16(19)17-12(2)4-3-9-18/h5-8,11-12,14,18H,3-4,9-10H2,1-2H3,(H,17,19)/b8-6+.